The topological polar surface area (TPSA) is 18.6 Å². The van der Waals surface area contributed by atoms with Crippen LogP contribution in [0, 0.1) is 0 Å². The van der Waals surface area contributed by atoms with E-state index in [0.29, 0.717) is 0 Å². The molecule has 0 atom stereocenters. The molecule has 0 fully saturated rings. The van der Waals surface area contributed by atoms with Crippen molar-refractivity contribution in [2.24, 2.45) is 5.11 Å². The minimum Gasteiger partial charge on any atom is -0.315 e. The molecule has 4 heteroatoms. The summed E-state index contributed by atoms with van der Waals surface area (Å²) in [6.07, 6.45) is 0. The van der Waals surface area contributed by atoms with Gasteiger partial charge >= 0.3 is 0 Å². The molecular formula is C20H18N3S+. The maximum absolute atomic E-state index is 4.85. The summed E-state index contributed by atoms with van der Waals surface area (Å²) in [4.78, 5) is 4.67. The van der Waals surface area contributed by atoms with Crippen LogP contribution in [0.3, 0.4) is 0 Å². The van der Waals surface area contributed by atoms with Gasteiger partial charge in [0, 0.05) is 34.1 Å². The van der Waals surface area contributed by atoms with Crippen molar-refractivity contribution in [3.05, 3.63) is 78.9 Å². The Kier molecular flexibility index (Phi) is 4.05. The van der Waals surface area contributed by atoms with E-state index in [4.69, 9.17) is 5.11 Å². The van der Waals surface area contributed by atoms with Crippen LogP contribution in [-0.2, 0) is 0 Å². The van der Waals surface area contributed by atoms with E-state index in [0.717, 1.165) is 18.0 Å². The first-order valence-corrected chi connectivity index (χ1v) is 8.73. The van der Waals surface area contributed by atoms with Crippen molar-refractivity contribution in [2.45, 2.75) is 9.79 Å². The summed E-state index contributed by atoms with van der Waals surface area (Å²) in [5, 5.41) is 4.85. The van der Waals surface area contributed by atoms with E-state index in [1.165, 1.54) is 15.5 Å². The van der Waals surface area contributed by atoms with E-state index >= 15 is 0 Å². The van der Waals surface area contributed by atoms with Crippen LogP contribution in [0.4, 0.5) is 17.1 Å². The van der Waals surface area contributed by atoms with E-state index in [9.17, 15) is 0 Å². The van der Waals surface area contributed by atoms with E-state index in [2.05, 4.69) is 66.5 Å². The van der Waals surface area contributed by atoms with Gasteiger partial charge in [0.2, 0.25) is 5.69 Å². The molecular weight excluding hydrogens is 314 g/mol. The highest BCUT2D eigenvalue weighted by molar-refractivity contribution is 7.99. The molecule has 0 N–H and O–H groups in total. The van der Waals surface area contributed by atoms with Gasteiger partial charge in [-0.15, -0.1) is 0 Å². The molecule has 1 heterocycles. The Morgan fingerprint density at radius 1 is 0.875 bits per heavy atom. The molecule has 3 aromatic rings. The molecule has 0 bridgehead atoms. The lowest BCUT2D eigenvalue weighted by molar-refractivity contribution is -0.509. The molecule has 0 unspecified atom stereocenters. The maximum Gasteiger partial charge on any atom is 0.250 e. The van der Waals surface area contributed by atoms with Crippen molar-refractivity contribution in [3.8, 4) is 0 Å². The fourth-order valence-corrected chi connectivity index (χ4v) is 3.64. The van der Waals surface area contributed by atoms with Crippen molar-refractivity contribution in [1.82, 2.24) is 0 Å². The lowest BCUT2D eigenvalue weighted by Crippen LogP contribution is -2.28. The van der Waals surface area contributed by atoms with Gasteiger partial charge in [-0.25, -0.2) is 0 Å². The average molecular weight is 332 g/mol. The number of hydrogen-bond acceptors (Lipinski definition) is 3. The molecule has 4 rings (SSSR count). The van der Waals surface area contributed by atoms with Crippen molar-refractivity contribution in [1.29, 1.82) is 0 Å². The zero-order chi connectivity index (χ0) is 16.4. The Labute approximate surface area is 146 Å². The number of para-hydroxylation sites is 1. The van der Waals surface area contributed by atoms with Crippen molar-refractivity contribution in [3.63, 3.8) is 0 Å². The molecule has 0 saturated carbocycles. The zero-order valence-corrected chi connectivity index (χ0v) is 14.3. The van der Waals surface area contributed by atoms with Gasteiger partial charge in [-0.2, -0.15) is 0 Å². The number of benzene rings is 3. The van der Waals surface area contributed by atoms with Gasteiger partial charge < -0.3 is 4.90 Å². The number of anilines is 1. The summed E-state index contributed by atoms with van der Waals surface area (Å²) in [5.41, 5.74) is 3.28. The summed E-state index contributed by atoms with van der Waals surface area (Å²) in [5.74, 6) is 0. The SMILES string of the molecule is CN1C[N+](c2ccccc2)=Nc2cc(Sc3ccccc3)ccc21. The monoisotopic (exact) mass is 332 g/mol. The second-order valence-electron chi connectivity index (χ2n) is 5.74. The van der Waals surface area contributed by atoms with Crippen LogP contribution in [0.5, 0.6) is 0 Å². The van der Waals surface area contributed by atoms with Gasteiger partial charge in [0.25, 0.3) is 6.67 Å². The Balaban J connectivity index is 1.69. The lowest BCUT2D eigenvalue weighted by Gasteiger charge is -2.21. The summed E-state index contributed by atoms with van der Waals surface area (Å²) in [7, 11) is 2.10. The van der Waals surface area contributed by atoms with E-state index in [1.54, 1.807) is 11.8 Å². The predicted molar refractivity (Wildman–Crippen MR) is 98.7 cm³/mol. The third kappa shape index (κ3) is 3.05. The fourth-order valence-electron chi connectivity index (χ4n) is 2.77. The van der Waals surface area contributed by atoms with Gasteiger partial charge in [-0.05, 0) is 30.3 Å². The van der Waals surface area contributed by atoms with Crippen molar-refractivity contribution < 1.29 is 4.70 Å². The summed E-state index contributed by atoms with van der Waals surface area (Å²) < 4.78 is 2.04. The van der Waals surface area contributed by atoms with Crippen LogP contribution < -0.4 is 4.90 Å². The van der Waals surface area contributed by atoms with Crippen molar-refractivity contribution in [2.75, 3.05) is 18.6 Å². The van der Waals surface area contributed by atoms with Crippen LogP contribution in [0.2, 0.25) is 0 Å². The normalized spacial score (nSPS) is 13.4. The molecule has 118 valence electrons. The molecule has 0 radical (unpaired) electrons. The minimum atomic E-state index is 0.752. The number of nitrogens with zero attached hydrogens (tertiary/aromatic N) is 3. The van der Waals surface area contributed by atoms with E-state index in [1.807, 2.05) is 29.0 Å². The van der Waals surface area contributed by atoms with Gasteiger partial charge in [0.05, 0.1) is 5.69 Å². The molecule has 0 aliphatic carbocycles. The Morgan fingerprint density at radius 3 is 2.33 bits per heavy atom. The first-order chi connectivity index (χ1) is 11.8. The van der Waals surface area contributed by atoms with Gasteiger partial charge in [-0.1, -0.05) is 52.9 Å². The minimum absolute atomic E-state index is 0.752. The molecule has 0 saturated heterocycles. The van der Waals surface area contributed by atoms with Gasteiger partial charge in [0.15, 0.2) is 5.69 Å². The summed E-state index contributed by atoms with van der Waals surface area (Å²) >= 11 is 1.76. The first kappa shape index (κ1) is 15.0. The van der Waals surface area contributed by atoms with Crippen LogP contribution in [0.15, 0.2) is 93.8 Å². The third-order valence-corrected chi connectivity index (χ3v) is 4.96. The fraction of sp³-hybridized carbons (Fsp3) is 0.100. The first-order valence-electron chi connectivity index (χ1n) is 7.92. The highest BCUT2D eigenvalue weighted by Crippen LogP contribution is 2.38. The molecule has 1 aliphatic rings. The highest BCUT2D eigenvalue weighted by Gasteiger charge is 2.24. The van der Waals surface area contributed by atoms with Crippen LogP contribution >= 0.6 is 11.8 Å². The molecule has 3 nitrogen and oxygen atoms in total. The Morgan fingerprint density at radius 2 is 1.58 bits per heavy atom. The molecule has 0 amide bonds. The van der Waals surface area contributed by atoms with Crippen LogP contribution in [-0.4, -0.2) is 18.4 Å². The number of azo groups is 2. The van der Waals surface area contributed by atoms with E-state index in [-0.39, 0.29) is 0 Å². The molecule has 0 spiro atoms. The largest absolute Gasteiger partial charge is 0.315 e. The second kappa shape index (κ2) is 6.49. The number of fused-ring (bicyclic) bond motifs is 1. The van der Waals surface area contributed by atoms with Crippen molar-refractivity contribution >= 4 is 28.8 Å². The van der Waals surface area contributed by atoms with Gasteiger partial charge in [-0.3, -0.25) is 0 Å². The number of rotatable bonds is 3. The molecule has 1 aliphatic heterocycles. The summed E-state index contributed by atoms with van der Waals surface area (Å²) in [6, 6.07) is 27.2. The Bertz CT molecular complexity index is 876. The maximum atomic E-state index is 4.85. The quantitative estimate of drug-likeness (QED) is 0.575. The summed E-state index contributed by atoms with van der Waals surface area (Å²) in [6.45, 7) is 0.752. The molecule has 0 aromatic heterocycles. The third-order valence-electron chi connectivity index (χ3n) is 3.97. The standard InChI is InChI=1S/C20H18N3S/c1-22-15-23(16-8-4-2-5-9-16)21-19-14-18(12-13-20(19)22)24-17-10-6-3-7-11-17/h2-14H,15H2,1H3/q+1. The second-order valence-corrected chi connectivity index (χ2v) is 6.89. The highest BCUT2D eigenvalue weighted by atomic mass is 32.2. The van der Waals surface area contributed by atoms with Gasteiger partial charge in [0.1, 0.15) is 0 Å². The number of hydrogen-bond donors (Lipinski definition) is 0. The Hall–Kier alpha value is -2.59. The van der Waals surface area contributed by atoms with Crippen LogP contribution in [0.25, 0.3) is 0 Å². The molecule has 24 heavy (non-hydrogen) atoms. The smallest absolute Gasteiger partial charge is 0.250 e. The van der Waals surface area contributed by atoms with Crippen LogP contribution in [0.1, 0.15) is 0 Å². The predicted octanol–water partition coefficient (Wildman–Crippen LogP) is 5.67. The zero-order valence-electron chi connectivity index (χ0n) is 13.5. The average Bonchev–Trinajstić information content (AvgIpc) is 2.63. The van der Waals surface area contributed by atoms with E-state index < -0.39 is 0 Å². The molecule has 3 aromatic carbocycles. The lowest BCUT2D eigenvalue weighted by atomic mass is 10.2.